The van der Waals surface area contributed by atoms with E-state index in [1.165, 1.54) is 225 Å². The Kier molecular flexibility index (Phi) is 70.3. The van der Waals surface area contributed by atoms with E-state index < -0.39 is 97.5 Å². The average molecular weight is 1450 g/mol. The first-order valence-corrected chi connectivity index (χ1v) is 44.5. The third kappa shape index (κ3) is 72.8. The van der Waals surface area contributed by atoms with E-state index in [1.807, 2.05) is 0 Å². The van der Waals surface area contributed by atoms with Gasteiger partial charge >= 0.3 is 39.5 Å². The minimum Gasteiger partial charge on any atom is -0.462 e. The molecule has 0 aromatic carbocycles. The van der Waals surface area contributed by atoms with E-state index in [1.54, 1.807) is 0 Å². The van der Waals surface area contributed by atoms with Gasteiger partial charge in [0.05, 0.1) is 26.4 Å². The van der Waals surface area contributed by atoms with E-state index in [0.717, 1.165) is 115 Å². The number of carbonyl (C=O) groups is 4. The van der Waals surface area contributed by atoms with E-state index in [-0.39, 0.29) is 25.7 Å². The van der Waals surface area contributed by atoms with Crippen molar-refractivity contribution in [2.75, 3.05) is 39.6 Å². The van der Waals surface area contributed by atoms with Crippen LogP contribution in [-0.4, -0.2) is 96.7 Å². The molecule has 0 heterocycles. The van der Waals surface area contributed by atoms with Crippen LogP contribution in [-0.2, 0) is 65.4 Å². The van der Waals surface area contributed by atoms with Crippen LogP contribution in [0.4, 0.5) is 0 Å². The molecule has 99 heavy (non-hydrogen) atoms. The molecule has 0 spiro atoms. The zero-order valence-corrected chi connectivity index (χ0v) is 66.6. The summed E-state index contributed by atoms with van der Waals surface area (Å²) >= 11 is 0. The Balaban J connectivity index is 5.11. The highest BCUT2D eigenvalue weighted by molar-refractivity contribution is 7.47. The molecule has 0 aliphatic heterocycles. The number of esters is 4. The van der Waals surface area contributed by atoms with Gasteiger partial charge < -0.3 is 33.8 Å². The van der Waals surface area contributed by atoms with Crippen molar-refractivity contribution in [2.24, 2.45) is 11.8 Å². The van der Waals surface area contributed by atoms with Crippen LogP contribution in [0.15, 0.2) is 0 Å². The van der Waals surface area contributed by atoms with Crippen molar-refractivity contribution in [3.8, 4) is 0 Å². The van der Waals surface area contributed by atoms with Crippen LogP contribution in [0.1, 0.15) is 420 Å². The summed E-state index contributed by atoms with van der Waals surface area (Å²) in [5.41, 5.74) is 0. The zero-order valence-electron chi connectivity index (χ0n) is 64.8. The Morgan fingerprint density at radius 1 is 0.293 bits per heavy atom. The first-order valence-electron chi connectivity index (χ1n) is 41.5. The summed E-state index contributed by atoms with van der Waals surface area (Å²) in [5.74, 6) is -0.423. The van der Waals surface area contributed by atoms with Crippen LogP contribution in [0, 0.1) is 11.8 Å². The highest BCUT2D eigenvalue weighted by Gasteiger charge is 2.30. The second kappa shape index (κ2) is 71.7. The molecule has 3 N–H and O–H groups in total. The second-order valence-electron chi connectivity index (χ2n) is 29.5. The van der Waals surface area contributed by atoms with E-state index in [0.29, 0.717) is 25.7 Å². The first-order chi connectivity index (χ1) is 47.9. The number of aliphatic hydroxyl groups is 1. The molecule has 0 saturated carbocycles. The maximum Gasteiger partial charge on any atom is 0.472 e. The Hall–Kier alpha value is -1.94. The van der Waals surface area contributed by atoms with Gasteiger partial charge in [0.15, 0.2) is 12.2 Å². The summed E-state index contributed by atoms with van der Waals surface area (Å²) in [6.45, 7) is 9.66. The predicted molar refractivity (Wildman–Crippen MR) is 405 cm³/mol. The molecule has 0 aromatic rings. The van der Waals surface area contributed by atoms with Gasteiger partial charge in [-0.2, -0.15) is 0 Å². The quantitative estimate of drug-likeness (QED) is 0.0222. The van der Waals surface area contributed by atoms with E-state index >= 15 is 0 Å². The molecule has 6 atom stereocenters. The normalized spacial score (nSPS) is 14.2. The Morgan fingerprint density at radius 2 is 0.515 bits per heavy atom. The van der Waals surface area contributed by atoms with Crippen LogP contribution in [0.5, 0.6) is 0 Å². The second-order valence-corrected chi connectivity index (χ2v) is 32.4. The lowest BCUT2D eigenvalue weighted by Gasteiger charge is -2.21. The van der Waals surface area contributed by atoms with E-state index in [2.05, 4.69) is 41.5 Å². The molecule has 0 rings (SSSR count). The topological polar surface area (TPSA) is 237 Å². The van der Waals surface area contributed by atoms with Crippen molar-refractivity contribution in [3.63, 3.8) is 0 Å². The van der Waals surface area contributed by atoms with Crippen LogP contribution in [0.25, 0.3) is 0 Å². The van der Waals surface area contributed by atoms with Gasteiger partial charge in [-0.05, 0) is 37.5 Å². The molecule has 0 saturated heterocycles. The summed E-state index contributed by atoms with van der Waals surface area (Å²) < 4.78 is 68.4. The number of hydrogen-bond acceptors (Lipinski definition) is 15. The lowest BCUT2D eigenvalue weighted by molar-refractivity contribution is -0.161. The van der Waals surface area contributed by atoms with Crippen molar-refractivity contribution >= 4 is 39.5 Å². The molecular formula is C80H156O17P2. The van der Waals surface area contributed by atoms with Crippen molar-refractivity contribution < 1.29 is 80.2 Å². The van der Waals surface area contributed by atoms with Gasteiger partial charge in [0.2, 0.25) is 0 Å². The van der Waals surface area contributed by atoms with Gasteiger partial charge in [-0.1, -0.05) is 369 Å². The highest BCUT2D eigenvalue weighted by atomic mass is 31.2. The number of hydrogen-bond donors (Lipinski definition) is 3. The first kappa shape index (κ1) is 97.1. The third-order valence-electron chi connectivity index (χ3n) is 19.1. The molecule has 0 aliphatic carbocycles. The Labute approximate surface area is 607 Å². The summed E-state index contributed by atoms with van der Waals surface area (Å²) in [6, 6.07) is 0. The molecular weight excluding hydrogens is 1290 g/mol. The van der Waals surface area contributed by atoms with E-state index in [9.17, 15) is 43.2 Å². The third-order valence-corrected chi connectivity index (χ3v) is 21.0. The maximum absolute atomic E-state index is 13.1. The summed E-state index contributed by atoms with van der Waals surface area (Å²) in [4.78, 5) is 72.7. The minimum absolute atomic E-state index is 0.105. The number of ether oxygens (including phenoxy) is 4. The molecule has 0 aromatic heterocycles. The maximum atomic E-state index is 13.1. The molecule has 0 radical (unpaired) electrons. The average Bonchev–Trinajstić information content (AvgIpc) is 0.984. The van der Waals surface area contributed by atoms with Gasteiger partial charge in [0, 0.05) is 25.7 Å². The molecule has 17 nitrogen and oxygen atoms in total. The molecule has 0 bridgehead atoms. The fourth-order valence-corrected chi connectivity index (χ4v) is 13.9. The number of carbonyl (C=O) groups excluding carboxylic acids is 4. The smallest absolute Gasteiger partial charge is 0.462 e. The van der Waals surface area contributed by atoms with Gasteiger partial charge in [0.1, 0.15) is 19.3 Å². The van der Waals surface area contributed by atoms with Crippen molar-refractivity contribution in [2.45, 2.75) is 439 Å². The van der Waals surface area contributed by atoms with Gasteiger partial charge in [-0.3, -0.25) is 37.3 Å². The van der Waals surface area contributed by atoms with Gasteiger partial charge in [-0.25, -0.2) is 9.13 Å². The summed E-state index contributed by atoms with van der Waals surface area (Å²) in [5, 5.41) is 10.6. The number of unbranched alkanes of at least 4 members (excludes halogenated alkanes) is 48. The van der Waals surface area contributed by atoms with Crippen molar-refractivity contribution in [1.29, 1.82) is 0 Å². The van der Waals surface area contributed by atoms with Crippen LogP contribution in [0.3, 0.4) is 0 Å². The molecule has 3 unspecified atom stereocenters. The largest absolute Gasteiger partial charge is 0.472 e. The number of aliphatic hydroxyl groups excluding tert-OH is 1. The molecule has 0 amide bonds. The van der Waals surface area contributed by atoms with Crippen LogP contribution >= 0.6 is 15.6 Å². The van der Waals surface area contributed by atoms with Crippen LogP contribution in [0.2, 0.25) is 0 Å². The van der Waals surface area contributed by atoms with Gasteiger partial charge in [-0.15, -0.1) is 0 Å². The summed E-state index contributed by atoms with van der Waals surface area (Å²) in [7, 11) is -9.90. The Morgan fingerprint density at radius 3 is 0.768 bits per heavy atom. The molecule has 0 fully saturated rings. The monoisotopic (exact) mass is 1450 g/mol. The predicted octanol–water partition coefficient (Wildman–Crippen LogP) is 23.9. The highest BCUT2D eigenvalue weighted by Crippen LogP contribution is 2.45. The fourth-order valence-electron chi connectivity index (χ4n) is 12.3. The number of phosphoric ester groups is 2. The number of rotatable bonds is 79. The standard InChI is InChI=1S/C80H156O17P2/c1-7-10-12-14-16-44-50-56-62-77(82)90-68-75(96-79(84)64-58-52-45-17-15-13-11-8-2)70-94-98(86,87)92-66-74(81)67-93-99(88,89)95-71-76(69-91-78(83)63-57-51-46-40-36-32-28-24-20-18-22-26-30-34-38-42-48-54-60-72(4)5)97-80(85)65-59-53-47-41-37-33-29-25-21-19-23-27-31-35-39-43-49-55-61-73(6)9-3/h72-76,81H,7-71H2,1-6H3,(H,86,87)(H,88,89)/t73?,74-,75+,76+/m0/s1. The molecule has 0 aliphatic rings. The number of phosphoric acid groups is 2. The molecule has 588 valence electrons. The SMILES string of the molecule is CCCCCCCCCCC(=O)OC[C@H](COP(=O)(O)OC[C@H](O)COP(=O)(O)OC[C@@H](COC(=O)CCCCCCCCCCCCCCCCCCCCC(C)C)OC(=O)CCCCCCCCCCCCCCCCCCCCC(C)CC)OC(=O)CCCCCCCCCC. The Bertz CT molecular complexity index is 1910. The minimum atomic E-state index is -4.96. The lowest BCUT2D eigenvalue weighted by Crippen LogP contribution is -2.30. The summed E-state index contributed by atoms with van der Waals surface area (Å²) in [6.07, 6.45) is 61.4. The molecule has 19 heteroatoms. The lowest BCUT2D eigenvalue weighted by atomic mass is 9.99. The van der Waals surface area contributed by atoms with Crippen molar-refractivity contribution in [3.05, 3.63) is 0 Å². The fraction of sp³-hybridized carbons (Fsp3) is 0.950. The van der Waals surface area contributed by atoms with Crippen molar-refractivity contribution in [1.82, 2.24) is 0 Å². The van der Waals surface area contributed by atoms with E-state index in [4.69, 9.17) is 37.0 Å². The van der Waals surface area contributed by atoms with Gasteiger partial charge in [0.25, 0.3) is 0 Å². The van der Waals surface area contributed by atoms with Crippen LogP contribution < -0.4 is 0 Å². The zero-order chi connectivity index (χ0) is 72.8.